The van der Waals surface area contributed by atoms with Crippen molar-refractivity contribution in [1.82, 2.24) is 4.90 Å². The van der Waals surface area contributed by atoms with E-state index in [9.17, 15) is 4.79 Å². The number of likely N-dealkylation sites (tertiary alicyclic amines) is 1. The number of nitrogens with zero attached hydrogens (tertiary/aromatic N) is 1. The molecule has 1 aliphatic heterocycles. The smallest absolute Gasteiger partial charge is 0.238 e. The van der Waals surface area contributed by atoms with Crippen molar-refractivity contribution in [3.05, 3.63) is 29.3 Å². The third-order valence-corrected chi connectivity index (χ3v) is 4.95. The summed E-state index contributed by atoms with van der Waals surface area (Å²) >= 11 is 0. The SMILES string of the molecule is Cc1cccc(C(C)C)c1NC(=O)CN1CCC(N)C(C)(C)C1.Cl. The number of aryl methyl sites for hydroxylation is 1. The lowest BCUT2D eigenvalue weighted by Crippen LogP contribution is -2.53. The van der Waals surface area contributed by atoms with Gasteiger partial charge in [0.1, 0.15) is 0 Å². The Hall–Kier alpha value is -1.10. The van der Waals surface area contributed by atoms with Crippen LogP contribution in [0.4, 0.5) is 5.69 Å². The van der Waals surface area contributed by atoms with Crippen molar-refractivity contribution in [1.29, 1.82) is 0 Å². The molecule has 1 unspecified atom stereocenters. The quantitative estimate of drug-likeness (QED) is 0.870. The van der Waals surface area contributed by atoms with Crippen molar-refractivity contribution < 1.29 is 4.79 Å². The fourth-order valence-corrected chi connectivity index (χ4v) is 3.34. The molecule has 0 spiro atoms. The molecule has 136 valence electrons. The molecule has 24 heavy (non-hydrogen) atoms. The second kappa shape index (κ2) is 8.32. The van der Waals surface area contributed by atoms with E-state index in [2.05, 4.69) is 50.0 Å². The molecular formula is C19H32ClN3O. The van der Waals surface area contributed by atoms with Crippen LogP contribution in [0.5, 0.6) is 0 Å². The highest BCUT2D eigenvalue weighted by atomic mass is 35.5. The van der Waals surface area contributed by atoms with E-state index in [1.165, 1.54) is 5.56 Å². The normalized spacial score (nSPS) is 20.5. The highest BCUT2D eigenvalue weighted by Crippen LogP contribution is 2.29. The topological polar surface area (TPSA) is 58.4 Å². The highest BCUT2D eigenvalue weighted by molar-refractivity contribution is 5.94. The molecule has 1 atom stereocenters. The van der Waals surface area contributed by atoms with Gasteiger partial charge in [0.05, 0.1) is 6.54 Å². The molecule has 0 bridgehead atoms. The average molecular weight is 354 g/mol. The Morgan fingerprint density at radius 3 is 2.67 bits per heavy atom. The van der Waals surface area contributed by atoms with Crippen LogP contribution in [-0.2, 0) is 4.79 Å². The van der Waals surface area contributed by atoms with E-state index >= 15 is 0 Å². The van der Waals surface area contributed by atoms with Crippen LogP contribution in [0.15, 0.2) is 18.2 Å². The summed E-state index contributed by atoms with van der Waals surface area (Å²) in [6.07, 6.45) is 0.946. The predicted molar refractivity (Wildman–Crippen MR) is 104 cm³/mol. The van der Waals surface area contributed by atoms with Crippen molar-refractivity contribution in [2.24, 2.45) is 11.1 Å². The molecular weight excluding hydrogens is 322 g/mol. The van der Waals surface area contributed by atoms with Gasteiger partial charge in [-0.3, -0.25) is 9.69 Å². The summed E-state index contributed by atoms with van der Waals surface area (Å²) in [6, 6.07) is 6.40. The predicted octanol–water partition coefficient (Wildman–Crippen LogP) is 3.54. The van der Waals surface area contributed by atoms with Crippen LogP contribution in [0, 0.1) is 12.3 Å². The molecule has 1 saturated heterocycles. The summed E-state index contributed by atoms with van der Waals surface area (Å²) in [7, 11) is 0. The maximum atomic E-state index is 12.5. The third-order valence-electron chi connectivity index (χ3n) is 4.95. The van der Waals surface area contributed by atoms with Gasteiger partial charge in [-0.05, 0) is 35.8 Å². The van der Waals surface area contributed by atoms with Gasteiger partial charge >= 0.3 is 0 Å². The number of carbonyl (C=O) groups excluding carboxylic acids is 1. The maximum absolute atomic E-state index is 12.5. The monoisotopic (exact) mass is 353 g/mol. The minimum atomic E-state index is 0. The zero-order chi connectivity index (χ0) is 17.2. The average Bonchev–Trinajstić information content (AvgIpc) is 2.44. The van der Waals surface area contributed by atoms with E-state index < -0.39 is 0 Å². The Kier molecular flexibility index (Phi) is 7.26. The van der Waals surface area contributed by atoms with Crippen molar-refractivity contribution >= 4 is 24.0 Å². The zero-order valence-corrected chi connectivity index (χ0v) is 16.4. The summed E-state index contributed by atoms with van der Waals surface area (Å²) in [5.74, 6) is 0.449. The molecule has 1 aromatic carbocycles. The van der Waals surface area contributed by atoms with E-state index in [4.69, 9.17) is 5.73 Å². The number of anilines is 1. The summed E-state index contributed by atoms with van der Waals surface area (Å²) in [5.41, 5.74) is 9.52. The van der Waals surface area contributed by atoms with Crippen LogP contribution in [-0.4, -0.2) is 36.5 Å². The molecule has 1 amide bonds. The molecule has 1 heterocycles. The van der Waals surface area contributed by atoms with E-state index in [-0.39, 0.29) is 29.8 Å². The first kappa shape index (κ1) is 20.9. The van der Waals surface area contributed by atoms with Gasteiger partial charge in [-0.25, -0.2) is 0 Å². The van der Waals surface area contributed by atoms with Crippen molar-refractivity contribution in [2.45, 2.75) is 53.0 Å². The lowest BCUT2D eigenvalue weighted by atomic mass is 9.80. The van der Waals surface area contributed by atoms with E-state index in [1.54, 1.807) is 0 Å². The molecule has 2 rings (SSSR count). The fourth-order valence-electron chi connectivity index (χ4n) is 3.34. The number of nitrogens with two attached hydrogens (primary N) is 1. The number of carbonyl (C=O) groups is 1. The van der Waals surface area contributed by atoms with Crippen molar-refractivity contribution in [3.8, 4) is 0 Å². The molecule has 3 N–H and O–H groups in total. The Bertz CT molecular complexity index is 572. The zero-order valence-electron chi connectivity index (χ0n) is 15.6. The standard InChI is InChI=1S/C19H31N3O.ClH/c1-13(2)15-8-6-7-14(3)18(15)21-17(23)11-22-10-9-16(20)19(4,5)12-22;/h6-8,13,16H,9-12,20H2,1-5H3,(H,21,23);1H. The van der Waals surface area contributed by atoms with Crippen molar-refractivity contribution in [2.75, 3.05) is 25.0 Å². The molecule has 1 aromatic rings. The molecule has 1 fully saturated rings. The van der Waals surface area contributed by atoms with Gasteiger partial charge in [-0.15, -0.1) is 12.4 Å². The summed E-state index contributed by atoms with van der Waals surface area (Å²) in [4.78, 5) is 14.7. The molecule has 4 nitrogen and oxygen atoms in total. The number of halogens is 1. The Morgan fingerprint density at radius 1 is 1.42 bits per heavy atom. The van der Waals surface area contributed by atoms with Gasteiger partial charge in [0, 0.05) is 24.8 Å². The minimum absolute atomic E-state index is 0. The van der Waals surface area contributed by atoms with Gasteiger partial charge < -0.3 is 11.1 Å². The molecule has 0 radical (unpaired) electrons. The number of piperidine rings is 1. The lowest BCUT2D eigenvalue weighted by molar-refractivity contribution is -0.118. The molecule has 0 aliphatic carbocycles. The first-order chi connectivity index (χ1) is 10.7. The van der Waals surface area contributed by atoms with E-state index in [1.807, 2.05) is 13.0 Å². The lowest BCUT2D eigenvalue weighted by Gasteiger charge is -2.42. The maximum Gasteiger partial charge on any atom is 0.238 e. The largest absolute Gasteiger partial charge is 0.327 e. The van der Waals surface area contributed by atoms with Crippen molar-refractivity contribution in [3.63, 3.8) is 0 Å². The third kappa shape index (κ3) is 4.95. The van der Waals surface area contributed by atoms with Gasteiger partial charge in [-0.2, -0.15) is 0 Å². The van der Waals surface area contributed by atoms with Crippen LogP contribution in [0.3, 0.4) is 0 Å². The van der Waals surface area contributed by atoms with Gasteiger partial charge in [0.15, 0.2) is 0 Å². The van der Waals surface area contributed by atoms with Crippen LogP contribution >= 0.6 is 12.4 Å². The molecule has 1 aliphatic rings. The minimum Gasteiger partial charge on any atom is -0.327 e. The number of benzene rings is 1. The number of rotatable bonds is 4. The number of para-hydroxylation sites is 1. The first-order valence-electron chi connectivity index (χ1n) is 8.58. The summed E-state index contributed by atoms with van der Waals surface area (Å²) in [6.45, 7) is 12.9. The number of hydrogen-bond acceptors (Lipinski definition) is 3. The van der Waals surface area contributed by atoms with Gasteiger partial charge in [-0.1, -0.05) is 45.9 Å². The van der Waals surface area contributed by atoms with Crippen LogP contribution in [0.2, 0.25) is 0 Å². The summed E-state index contributed by atoms with van der Waals surface area (Å²) in [5, 5.41) is 3.13. The molecule has 0 saturated carbocycles. The Morgan fingerprint density at radius 2 is 2.08 bits per heavy atom. The van der Waals surface area contributed by atoms with Gasteiger partial charge in [0.2, 0.25) is 5.91 Å². The van der Waals surface area contributed by atoms with Crippen LogP contribution < -0.4 is 11.1 Å². The number of amides is 1. The number of nitrogens with one attached hydrogen (secondary N) is 1. The van der Waals surface area contributed by atoms with Crippen LogP contribution in [0.1, 0.15) is 51.2 Å². The van der Waals surface area contributed by atoms with E-state index in [0.717, 1.165) is 30.8 Å². The number of hydrogen-bond donors (Lipinski definition) is 2. The highest BCUT2D eigenvalue weighted by Gasteiger charge is 2.33. The van der Waals surface area contributed by atoms with Crippen LogP contribution in [0.25, 0.3) is 0 Å². The second-order valence-corrected chi connectivity index (χ2v) is 7.84. The Labute approximate surface area is 152 Å². The van der Waals surface area contributed by atoms with Gasteiger partial charge in [0.25, 0.3) is 0 Å². The van der Waals surface area contributed by atoms with E-state index in [0.29, 0.717) is 12.5 Å². The molecule has 0 aromatic heterocycles. The Balaban J connectivity index is 0.00000288. The fraction of sp³-hybridized carbons (Fsp3) is 0.632. The molecule has 5 heteroatoms. The second-order valence-electron chi connectivity index (χ2n) is 7.84. The summed E-state index contributed by atoms with van der Waals surface area (Å²) < 4.78 is 0. The first-order valence-corrected chi connectivity index (χ1v) is 8.58.